The molecule has 1 atom stereocenters. The molecule has 6 N–H and O–H groups in total. The maximum absolute atomic E-state index is 14.3. The van der Waals surface area contributed by atoms with Gasteiger partial charge in [0.1, 0.15) is 17.2 Å². The number of imidazole rings is 1. The van der Waals surface area contributed by atoms with E-state index in [1.807, 2.05) is 4.57 Å². The van der Waals surface area contributed by atoms with Crippen LogP contribution in [-0.4, -0.2) is 54.9 Å². The number of rotatable bonds is 7. The van der Waals surface area contributed by atoms with Gasteiger partial charge in [0.25, 0.3) is 0 Å². The van der Waals surface area contributed by atoms with Crippen LogP contribution in [-0.2, 0) is 4.79 Å². The summed E-state index contributed by atoms with van der Waals surface area (Å²) >= 11 is 0. The molecule has 1 aliphatic carbocycles. The largest absolute Gasteiger partial charge is 0.394 e. The summed E-state index contributed by atoms with van der Waals surface area (Å²) in [6.45, 7) is -0.426. The number of fused-ring (bicyclic) bond motifs is 1. The van der Waals surface area contributed by atoms with Crippen molar-refractivity contribution in [3.63, 3.8) is 0 Å². The van der Waals surface area contributed by atoms with Crippen LogP contribution in [0.1, 0.15) is 31.7 Å². The molecule has 176 valence electrons. The van der Waals surface area contributed by atoms with Gasteiger partial charge in [0.15, 0.2) is 5.65 Å². The van der Waals surface area contributed by atoms with Crippen LogP contribution in [0.3, 0.4) is 0 Å². The Kier molecular flexibility index (Phi) is 6.65. The Morgan fingerprint density at radius 1 is 1.24 bits per heavy atom. The number of halogens is 2. The highest BCUT2D eigenvalue weighted by Crippen LogP contribution is 2.37. The van der Waals surface area contributed by atoms with E-state index in [4.69, 9.17) is 10.8 Å². The normalized spacial score (nSPS) is 19.4. The number of aromatic nitrogens is 4. The van der Waals surface area contributed by atoms with E-state index < -0.39 is 24.3 Å². The zero-order chi connectivity index (χ0) is 23.5. The number of hydrogen-bond donors (Lipinski definition) is 5. The Morgan fingerprint density at radius 3 is 2.70 bits per heavy atom. The van der Waals surface area contributed by atoms with Gasteiger partial charge in [-0.1, -0.05) is 0 Å². The lowest BCUT2D eigenvalue weighted by Gasteiger charge is -2.30. The lowest BCUT2D eigenvalue weighted by atomic mass is 9.85. The van der Waals surface area contributed by atoms with Crippen LogP contribution < -0.4 is 16.4 Å². The number of amides is 1. The summed E-state index contributed by atoms with van der Waals surface area (Å²) in [6, 6.07) is 3.12. The zero-order valence-electron chi connectivity index (χ0n) is 17.7. The summed E-state index contributed by atoms with van der Waals surface area (Å²) in [4.78, 5) is 25.2. The van der Waals surface area contributed by atoms with Crippen LogP contribution in [0.25, 0.3) is 11.2 Å². The van der Waals surface area contributed by atoms with Gasteiger partial charge in [-0.15, -0.1) is 0 Å². The van der Waals surface area contributed by atoms with E-state index in [0.717, 1.165) is 12.1 Å². The summed E-state index contributed by atoms with van der Waals surface area (Å²) in [6.07, 6.45) is 2.89. The number of benzene rings is 1. The number of nitrogen functional groups attached to an aromatic ring is 1. The molecule has 1 aromatic carbocycles. The number of hydrogen-bond acceptors (Lipinski definition) is 8. The highest BCUT2D eigenvalue weighted by atomic mass is 19.1. The fourth-order valence-corrected chi connectivity index (χ4v) is 4.07. The molecular formula is C21H25F2N7O3. The quantitative estimate of drug-likeness (QED) is 0.356. The van der Waals surface area contributed by atoms with Crippen molar-refractivity contribution in [1.82, 2.24) is 24.8 Å². The monoisotopic (exact) mass is 461 g/mol. The maximum atomic E-state index is 14.3. The van der Waals surface area contributed by atoms with Gasteiger partial charge < -0.3 is 26.6 Å². The summed E-state index contributed by atoms with van der Waals surface area (Å²) in [5.41, 5.74) is 6.78. The maximum Gasteiger partial charge on any atom is 0.223 e. The topological polar surface area (TPSA) is 151 Å². The van der Waals surface area contributed by atoms with Crippen LogP contribution in [0.15, 0.2) is 24.4 Å². The SMILES string of the molecule is Nc1ncc2nc(Nc3ccc(F)cc3F)n(C3CCC(C(=O)NC[C@H](O)CO)CC3)c2n1. The van der Waals surface area contributed by atoms with Crippen molar-refractivity contribution in [3.05, 3.63) is 36.0 Å². The minimum absolute atomic E-state index is 0.00504. The Balaban J connectivity index is 1.56. The second-order valence-corrected chi connectivity index (χ2v) is 8.08. The van der Waals surface area contributed by atoms with Crippen LogP contribution in [0, 0.1) is 17.6 Å². The Morgan fingerprint density at radius 2 is 2.00 bits per heavy atom. The summed E-state index contributed by atoms with van der Waals surface area (Å²) < 4.78 is 29.4. The number of carbonyl (C=O) groups excluding carboxylic acids is 1. The van der Waals surface area contributed by atoms with E-state index in [2.05, 4.69) is 25.6 Å². The third-order valence-electron chi connectivity index (χ3n) is 5.78. The zero-order valence-corrected chi connectivity index (χ0v) is 17.7. The molecule has 1 saturated carbocycles. The fraction of sp³-hybridized carbons (Fsp3) is 0.429. The molecule has 0 saturated heterocycles. The van der Waals surface area contributed by atoms with Crippen LogP contribution >= 0.6 is 0 Å². The molecule has 12 heteroatoms. The van der Waals surface area contributed by atoms with E-state index in [0.29, 0.717) is 42.8 Å². The van der Waals surface area contributed by atoms with E-state index >= 15 is 0 Å². The number of aliphatic hydroxyl groups is 2. The predicted octanol–water partition coefficient (Wildman–Crippen LogP) is 1.63. The molecule has 33 heavy (non-hydrogen) atoms. The molecule has 0 bridgehead atoms. The van der Waals surface area contributed by atoms with Crippen molar-refractivity contribution in [1.29, 1.82) is 0 Å². The lowest BCUT2D eigenvalue weighted by Crippen LogP contribution is -2.39. The Bertz CT molecular complexity index is 1150. The Labute approximate surface area is 187 Å². The highest BCUT2D eigenvalue weighted by molar-refractivity contribution is 5.79. The van der Waals surface area contributed by atoms with Gasteiger partial charge in [0, 0.05) is 24.6 Å². The number of aliphatic hydroxyl groups excluding tert-OH is 2. The van der Waals surface area contributed by atoms with Gasteiger partial charge in [0.05, 0.1) is 24.6 Å². The average Bonchev–Trinajstić information content (AvgIpc) is 3.16. The van der Waals surface area contributed by atoms with E-state index in [1.54, 1.807) is 0 Å². The highest BCUT2D eigenvalue weighted by Gasteiger charge is 2.30. The van der Waals surface area contributed by atoms with Gasteiger partial charge in [-0.3, -0.25) is 9.36 Å². The smallest absolute Gasteiger partial charge is 0.223 e. The molecule has 2 heterocycles. The van der Waals surface area contributed by atoms with Crippen LogP contribution in [0.4, 0.5) is 26.4 Å². The van der Waals surface area contributed by atoms with Gasteiger partial charge in [-0.25, -0.2) is 18.7 Å². The van der Waals surface area contributed by atoms with Crippen molar-refractivity contribution in [2.45, 2.75) is 37.8 Å². The summed E-state index contributed by atoms with van der Waals surface area (Å²) in [5, 5.41) is 23.9. The van der Waals surface area contributed by atoms with Gasteiger partial charge >= 0.3 is 0 Å². The molecular weight excluding hydrogens is 436 g/mol. The average molecular weight is 461 g/mol. The molecule has 1 aliphatic rings. The van der Waals surface area contributed by atoms with Gasteiger partial charge in [0.2, 0.25) is 17.8 Å². The van der Waals surface area contributed by atoms with E-state index in [9.17, 15) is 18.7 Å². The van der Waals surface area contributed by atoms with Gasteiger partial charge in [-0.2, -0.15) is 4.98 Å². The standard InChI is InChI=1S/C21H25F2N7O3/c22-12-3-6-16(15(23)7-12)27-21-28-17-9-26-20(24)29-18(17)30(21)13-4-1-11(2-5-13)19(33)25-8-14(32)10-31/h3,6-7,9,11,13-14,31-32H,1-2,4-5,8,10H2,(H,25,33)(H,27,28)(H2,24,26,29)/t11?,13?,14-/m0/s1. The van der Waals surface area contributed by atoms with Crippen molar-refractivity contribution < 1.29 is 23.8 Å². The Hall–Kier alpha value is -3.38. The lowest BCUT2D eigenvalue weighted by molar-refractivity contribution is -0.126. The van der Waals surface area contributed by atoms with Crippen LogP contribution in [0.2, 0.25) is 0 Å². The number of anilines is 3. The van der Waals surface area contributed by atoms with Crippen molar-refractivity contribution >= 4 is 34.7 Å². The molecule has 1 fully saturated rings. The first kappa shape index (κ1) is 22.8. The molecule has 0 radical (unpaired) electrons. The van der Waals surface area contributed by atoms with Crippen molar-refractivity contribution in [2.75, 3.05) is 24.2 Å². The second kappa shape index (κ2) is 9.63. The predicted molar refractivity (Wildman–Crippen MR) is 116 cm³/mol. The molecule has 2 aromatic heterocycles. The number of nitrogens with one attached hydrogen (secondary N) is 2. The first-order valence-electron chi connectivity index (χ1n) is 10.6. The molecule has 0 unspecified atom stereocenters. The van der Waals surface area contributed by atoms with Crippen molar-refractivity contribution in [2.24, 2.45) is 5.92 Å². The number of nitrogens with zero attached hydrogens (tertiary/aromatic N) is 4. The summed E-state index contributed by atoms with van der Waals surface area (Å²) in [5.74, 6) is -1.46. The first-order valence-corrected chi connectivity index (χ1v) is 10.6. The molecule has 10 nitrogen and oxygen atoms in total. The minimum atomic E-state index is -0.992. The molecule has 0 spiro atoms. The molecule has 4 rings (SSSR count). The number of carbonyl (C=O) groups is 1. The first-order chi connectivity index (χ1) is 15.9. The third kappa shape index (κ3) is 5.01. The third-order valence-corrected chi connectivity index (χ3v) is 5.78. The van der Waals surface area contributed by atoms with Crippen LogP contribution in [0.5, 0.6) is 0 Å². The molecule has 0 aliphatic heterocycles. The minimum Gasteiger partial charge on any atom is -0.394 e. The van der Waals surface area contributed by atoms with E-state index in [1.165, 1.54) is 12.3 Å². The molecule has 3 aromatic rings. The summed E-state index contributed by atoms with van der Waals surface area (Å²) in [7, 11) is 0. The number of nitrogens with two attached hydrogens (primary N) is 1. The molecule has 1 amide bonds. The van der Waals surface area contributed by atoms with Crippen molar-refractivity contribution in [3.8, 4) is 0 Å². The van der Waals surface area contributed by atoms with E-state index in [-0.39, 0.29) is 36.0 Å². The second-order valence-electron chi connectivity index (χ2n) is 8.08. The van der Waals surface area contributed by atoms with Gasteiger partial charge in [-0.05, 0) is 37.8 Å². The fourth-order valence-electron chi connectivity index (χ4n) is 4.07.